The van der Waals surface area contributed by atoms with Gasteiger partial charge in [0.15, 0.2) is 11.5 Å². The first-order chi connectivity index (χ1) is 12.6. The van der Waals surface area contributed by atoms with Crippen LogP contribution in [0.3, 0.4) is 0 Å². The molecule has 0 aliphatic carbocycles. The molecule has 3 rings (SSSR count). The Morgan fingerprint density at radius 2 is 1.96 bits per heavy atom. The predicted octanol–water partition coefficient (Wildman–Crippen LogP) is 4.28. The van der Waals surface area contributed by atoms with Crippen LogP contribution in [0.4, 0.5) is 5.69 Å². The summed E-state index contributed by atoms with van der Waals surface area (Å²) in [5.74, 6) is 2.07. The van der Waals surface area contributed by atoms with Crippen molar-refractivity contribution in [1.29, 1.82) is 0 Å². The van der Waals surface area contributed by atoms with Gasteiger partial charge in [-0.05, 0) is 31.5 Å². The lowest BCUT2D eigenvalue weighted by atomic mass is 10.1. The molecule has 0 unspecified atom stereocenters. The average molecular weight is 467 g/mol. The maximum Gasteiger partial charge on any atom is 0.212 e. The lowest BCUT2D eigenvalue weighted by Gasteiger charge is -2.22. The van der Waals surface area contributed by atoms with Gasteiger partial charge in [-0.15, -0.1) is 0 Å². The molecule has 0 radical (unpaired) electrons. The summed E-state index contributed by atoms with van der Waals surface area (Å²) >= 11 is 2.28. The highest BCUT2D eigenvalue weighted by Crippen LogP contribution is 2.37. The Bertz CT molecular complexity index is 780. The van der Waals surface area contributed by atoms with Gasteiger partial charge in [-0.1, -0.05) is 0 Å². The van der Waals surface area contributed by atoms with Gasteiger partial charge in [0.1, 0.15) is 13.3 Å². The van der Waals surface area contributed by atoms with E-state index in [0.717, 1.165) is 35.0 Å². The van der Waals surface area contributed by atoms with Crippen LogP contribution in [0.25, 0.3) is 0 Å². The topological polar surface area (TPSA) is 47.1 Å². The fraction of sp³-hybridized carbons (Fsp3) is 0.316. The number of hydrogen-bond donors (Lipinski definition) is 0. The van der Waals surface area contributed by atoms with Crippen LogP contribution in [0.5, 0.6) is 17.4 Å². The lowest BCUT2D eigenvalue weighted by molar-refractivity contribution is 0.268. The summed E-state index contributed by atoms with van der Waals surface area (Å²) in [5, 5.41) is 0. The van der Waals surface area contributed by atoms with Crippen LogP contribution in [0.1, 0.15) is 18.1 Å². The van der Waals surface area contributed by atoms with E-state index in [9.17, 15) is 0 Å². The summed E-state index contributed by atoms with van der Waals surface area (Å²) in [6.45, 7) is 5.85. The number of aromatic nitrogens is 1. The second-order valence-corrected chi connectivity index (χ2v) is 7.06. The Labute approximate surface area is 167 Å². The number of methoxy groups -OCH3 is 1. The first-order valence-electron chi connectivity index (χ1n) is 8.37. The summed E-state index contributed by atoms with van der Waals surface area (Å²) in [7, 11) is 1.60. The number of pyridine rings is 1. The van der Waals surface area contributed by atoms with Crippen LogP contribution in [0.15, 0.2) is 42.9 Å². The minimum atomic E-state index is 0.411. The number of anilines is 1. The van der Waals surface area contributed by atoms with Gasteiger partial charge in [-0.2, -0.15) is 0 Å². The van der Waals surface area contributed by atoms with E-state index in [0.29, 0.717) is 19.1 Å². The largest absolute Gasteiger partial charge is 0.490 e. The minimum absolute atomic E-state index is 0.411. The highest BCUT2D eigenvalue weighted by Gasteiger charge is 2.17. The molecule has 0 fully saturated rings. The van der Waals surface area contributed by atoms with E-state index in [1.165, 1.54) is 0 Å². The number of rotatable bonds is 7. The summed E-state index contributed by atoms with van der Waals surface area (Å²) in [6, 6.07) is 7.84. The first-order valence-corrected chi connectivity index (χ1v) is 9.33. The van der Waals surface area contributed by atoms with Crippen LogP contribution in [0.2, 0.25) is 0 Å². The summed E-state index contributed by atoms with van der Waals surface area (Å²) in [5.41, 5.74) is 3.21. The standard InChI is InChI=1S/C19H22IN3O3/c1-4-25-17-9-14(2)16(22-7-8-23(20)13-22)10-18(17)26-12-15-5-6-19(24-3)21-11-15/h5-11H,4,12-13H2,1-3H3. The van der Waals surface area contributed by atoms with Crippen LogP contribution in [-0.4, -0.2) is 28.5 Å². The molecule has 1 aromatic carbocycles. The number of halogens is 1. The highest BCUT2D eigenvalue weighted by atomic mass is 127. The fourth-order valence-corrected chi connectivity index (χ4v) is 3.14. The minimum Gasteiger partial charge on any atom is -0.490 e. The molecule has 26 heavy (non-hydrogen) atoms. The van der Waals surface area contributed by atoms with Crippen molar-refractivity contribution >= 4 is 28.6 Å². The third-order valence-corrected chi connectivity index (χ3v) is 4.60. The molecule has 1 aromatic heterocycles. The third-order valence-electron chi connectivity index (χ3n) is 3.97. The third kappa shape index (κ3) is 4.32. The van der Waals surface area contributed by atoms with E-state index in [2.05, 4.69) is 49.0 Å². The van der Waals surface area contributed by atoms with E-state index in [4.69, 9.17) is 14.2 Å². The Hall–Kier alpha value is -2.16. The summed E-state index contributed by atoms with van der Waals surface area (Å²) in [6.07, 6.45) is 5.86. The molecule has 138 valence electrons. The average Bonchev–Trinajstić information content (AvgIpc) is 3.08. The highest BCUT2D eigenvalue weighted by molar-refractivity contribution is 14.1. The second kappa shape index (κ2) is 8.48. The molecular formula is C19H22IN3O3. The van der Waals surface area contributed by atoms with Crippen LogP contribution in [0, 0.1) is 6.92 Å². The zero-order chi connectivity index (χ0) is 18.5. The molecule has 0 N–H and O–H groups in total. The summed E-state index contributed by atoms with van der Waals surface area (Å²) in [4.78, 5) is 6.39. The maximum absolute atomic E-state index is 6.06. The fourth-order valence-electron chi connectivity index (χ4n) is 2.67. The van der Waals surface area contributed by atoms with Crippen molar-refractivity contribution in [1.82, 2.24) is 8.10 Å². The molecule has 1 aliphatic rings. The number of benzene rings is 1. The molecule has 0 atom stereocenters. The van der Waals surface area contributed by atoms with Crippen molar-refractivity contribution in [3.63, 3.8) is 0 Å². The van der Waals surface area contributed by atoms with Crippen molar-refractivity contribution < 1.29 is 14.2 Å². The number of hydrogen-bond acceptors (Lipinski definition) is 6. The van der Waals surface area contributed by atoms with Crippen molar-refractivity contribution in [3.05, 3.63) is 54.0 Å². The molecule has 6 nitrogen and oxygen atoms in total. The molecule has 2 aromatic rings. The van der Waals surface area contributed by atoms with Crippen LogP contribution in [-0.2, 0) is 6.61 Å². The van der Waals surface area contributed by atoms with Gasteiger partial charge in [0.2, 0.25) is 5.88 Å². The first kappa shape index (κ1) is 18.6. The number of nitrogens with zero attached hydrogens (tertiary/aromatic N) is 3. The van der Waals surface area contributed by atoms with Gasteiger partial charge in [-0.3, -0.25) is 0 Å². The van der Waals surface area contributed by atoms with Crippen molar-refractivity contribution in [2.24, 2.45) is 0 Å². The Kier molecular flexibility index (Phi) is 6.08. The molecule has 0 bridgehead atoms. The Morgan fingerprint density at radius 1 is 1.15 bits per heavy atom. The monoisotopic (exact) mass is 467 g/mol. The quantitative estimate of drug-likeness (QED) is 0.448. The number of aryl methyl sites for hydroxylation is 1. The van der Waals surface area contributed by atoms with E-state index in [-0.39, 0.29) is 0 Å². The molecule has 1 aliphatic heterocycles. The SMILES string of the molecule is CCOc1cc(C)c(N2C=CN(I)C2)cc1OCc1ccc(OC)nc1. The van der Waals surface area contributed by atoms with E-state index < -0.39 is 0 Å². The van der Waals surface area contributed by atoms with E-state index in [1.54, 1.807) is 13.3 Å². The van der Waals surface area contributed by atoms with Gasteiger partial charge >= 0.3 is 0 Å². The molecule has 0 spiro atoms. The maximum atomic E-state index is 6.06. The van der Waals surface area contributed by atoms with Crippen molar-refractivity contribution in [2.45, 2.75) is 20.5 Å². The van der Waals surface area contributed by atoms with Gasteiger partial charge < -0.3 is 22.2 Å². The number of ether oxygens (including phenoxy) is 3. The van der Waals surface area contributed by atoms with Crippen molar-refractivity contribution in [2.75, 3.05) is 25.3 Å². The molecule has 7 heteroatoms. The van der Waals surface area contributed by atoms with Crippen LogP contribution >= 0.6 is 22.9 Å². The Morgan fingerprint density at radius 3 is 2.58 bits per heavy atom. The van der Waals surface area contributed by atoms with Crippen molar-refractivity contribution in [3.8, 4) is 17.4 Å². The predicted molar refractivity (Wildman–Crippen MR) is 110 cm³/mol. The molecule has 0 saturated heterocycles. The normalized spacial score (nSPS) is 13.2. The molecule has 0 saturated carbocycles. The van der Waals surface area contributed by atoms with Gasteiger partial charge in [-0.25, -0.2) is 4.98 Å². The van der Waals surface area contributed by atoms with Gasteiger partial charge in [0.05, 0.1) is 36.6 Å². The second-order valence-electron chi connectivity index (χ2n) is 5.82. The molecule has 0 amide bonds. The lowest BCUT2D eigenvalue weighted by Crippen LogP contribution is -2.19. The van der Waals surface area contributed by atoms with E-state index >= 15 is 0 Å². The smallest absolute Gasteiger partial charge is 0.212 e. The zero-order valence-corrected chi connectivity index (χ0v) is 17.3. The zero-order valence-electron chi connectivity index (χ0n) is 15.1. The Balaban J connectivity index is 1.81. The summed E-state index contributed by atoms with van der Waals surface area (Å²) < 4.78 is 19.0. The molecule has 2 heterocycles. The molecular weight excluding hydrogens is 445 g/mol. The van der Waals surface area contributed by atoms with Gasteiger partial charge in [0.25, 0.3) is 0 Å². The van der Waals surface area contributed by atoms with Gasteiger partial charge in [0, 0.05) is 42.0 Å². The van der Waals surface area contributed by atoms with Crippen LogP contribution < -0.4 is 19.1 Å². The van der Waals surface area contributed by atoms with E-state index in [1.807, 2.05) is 37.4 Å².